The summed E-state index contributed by atoms with van der Waals surface area (Å²) in [5, 5.41) is 0. The van der Waals surface area contributed by atoms with Crippen molar-refractivity contribution < 1.29 is 22.4 Å². The van der Waals surface area contributed by atoms with Gasteiger partial charge in [0, 0.05) is 22.4 Å². The molecule has 0 fully saturated rings. The molecule has 4 heteroatoms. The standard InChI is InChI=1S/Ag.Pb.Sb.HTe.4H/h;;;1H;;;;. The van der Waals surface area contributed by atoms with E-state index in [1.807, 2.05) is 0 Å². The fourth-order valence-electron chi connectivity index (χ4n) is 0. The molecule has 0 bridgehead atoms. The van der Waals surface area contributed by atoms with Crippen molar-refractivity contribution in [3.8, 4) is 0 Å². The molecule has 0 N–H and O–H groups in total. The summed E-state index contributed by atoms with van der Waals surface area (Å²) >= 11 is 0. The van der Waals surface area contributed by atoms with Crippen molar-refractivity contribution in [2.24, 2.45) is 0 Å². The van der Waals surface area contributed by atoms with E-state index in [1.165, 1.54) is 0 Å². The molecule has 0 aliphatic carbocycles. The summed E-state index contributed by atoms with van der Waals surface area (Å²) in [6.45, 7) is 0. The normalized spacial score (nSPS) is 0. The summed E-state index contributed by atoms with van der Waals surface area (Å²) < 4.78 is 0. The molecule has 0 aliphatic rings. The van der Waals surface area contributed by atoms with Gasteiger partial charge in [0.15, 0.2) is 0 Å². The van der Waals surface area contributed by atoms with Crippen LogP contribution in [0.1, 0.15) is 0 Å². The van der Waals surface area contributed by atoms with Crippen molar-refractivity contribution in [3.63, 3.8) is 0 Å². The zero-order valence-corrected chi connectivity index (χ0v) is 14.9. The molecular formula is H5AgPbSbTe. The minimum absolute atomic E-state index is 0. The van der Waals surface area contributed by atoms with Gasteiger partial charge in [0.25, 0.3) is 0 Å². The molecule has 0 aliphatic heterocycles. The minimum atomic E-state index is 0. The average Bonchev–Trinajstić information content (AvgIpc) is 0. The first-order chi connectivity index (χ1) is 0. The Balaban J connectivity index is 0. The zero-order chi connectivity index (χ0) is 0. The van der Waals surface area contributed by atoms with Crippen LogP contribution in [0.4, 0.5) is 0 Å². The zero-order valence-electron chi connectivity index (χ0n) is 2.03. The van der Waals surface area contributed by atoms with Gasteiger partial charge in [-0.05, 0) is 0 Å². The van der Waals surface area contributed by atoms with E-state index in [1.54, 1.807) is 0 Å². The monoisotopic (exact) mass is 571 g/mol. The maximum atomic E-state index is 0. The van der Waals surface area contributed by atoms with Crippen LogP contribution in [0.15, 0.2) is 0 Å². The van der Waals surface area contributed by atoms with Crippen LogP contribution in [0, 0.1) is 0 Å². The summed E-state index contributed by atoms with van der Waals surface area (Å²) in [6, 6.07) is 0. The molecule has 0 saturated carbocycles. The van der Waals surface area contributed by atoms with Crippen molar-refractivity contribution >= 4 is 75.4 Å². The Morgan fingerprint density at radius 1 is 1.00 bits per heavy atom. The predicted octanol–water partition coefficient (Wildman–Crippen LogP) is -2.48. The fraction of sp³-hybridized carbons (Fsp3) is 0. The van der Waals surface area contributed by atoms with Crippen LogP contribution in [-0.2, 0) is 22.4 Å². The van der Waals surface area contributed by atoms with Gasteiger partial charge >= 0.3 is 75.4 Å². The van der Waals surface area contributed by atoms with Gasteiger partial charge in [0.2, 0.25) is 0 Å². The molecule has 5 radical (unpaired) electrons. The van der Waals surface area contributed by atoms with Crippen LogP contribution in [-0.4, -0.2) is 75.4 Å². The third kappa shape index (κ3) is 8.99. The van der Waals surface area contributed by atoms with Crippen LogP contribution in [0.3, 0.4) is 0 Å². The molecule has 0 rings (SSSR count). The molecule has 0 aromatic carbocycles. The number of hydrogen-bond donors (Lipinski definition) is 0. The Bertz CT molecular complexity index is 8.00. The van der Waals surface area contributed by atoms with Gasteiger partial charge in [0.05, 0.1) is 0 Å². The van der Waals surface area contributed by atoms with Crippen LogP contribution in [0.2, 0.25) is 0 Å². The second kappa shape index (κ2) is 16.3. The second-order valence-corrected chi connectivity index (χ2v) is 0. The van der Waals surface area contributed by atoms with Gasteiger partial charge in [-0.1, -0.05) is 0 Å². The van der Waals surface area contributed by atoms with Gasteiger partial charge in [-0.25, -0.2) is 0 Å². The Morgan fingerprint density at radius 2 is 1.00 bits per heavy atom. The first-order valence-corrected chi connectivity index (χ1v) is 0. The quantitative estimate of drug-likeness (QED) is 0.284. The maximum absolute atomic E-state index is 0. The number of rotatable bonds is 0. The Labute approximate surface area is 95.7 Å². The van der Waals surface area contributed by atoms with Crippen LogP contribution >= 0.6 is 0 Å². The predicted molar refractivity (Wildman–Crippen MR) is 24.2 cm³/mol. The Morgan fingerprint density at radius 3 is 1.00 bits per heavy atom. The summed E-state index contributed by atoms with van der Waals surface area (Å²) in [6.07, 6.45) is 0. The first kappa shape index (κ1) is 26.7. The SMILES string of the molecule is [Ag].[PbH2].[SbH2].[TeH]. The molecule has 0 amide bonds. The molecule has 0 unspecified atom stereocenters. The average molecular weight is 569 g/mol. The molecular weight excluding hydrogens is 564 g/mol. The summed E-state index contributed by atoms with van der Waals surface area (Å²) in [7, 11) is 0. The Kier molecular flexibility index (Phi) is 109. The van der Waals surface area contributed by atoms with E-state index in [4.69, 9.17) is 0 Å². The summed E-state index contributed by atoms with van der Waals surface area (Å²) in [5.74, 6) is 0. The van der Waals surface area contributed by atoms with E-state index in [0.29, 0.717) is 0 Å². The second-order valence-electron chi connectivity index (χ2n) is 0. The van der Waals surface area contributed by atoms with Gasteiger partial charge in [-0.15, -0.1) is 0 Å². The van der Waals surface area contributed by atoms with Gasteiger partial charge < -0.3 is 0 Å². The van der Waals surface area contributed by atoms with Crippen molar-refractivity contribution in [1.82, 2.24) is 0 Å². The van der Waals surface area contributed by atoms with Crippen molar-refractivity contribution in [2.45, 2.75) is 0 Å². The van der Waals surface area contributed by atoms with Crippen LogP contribution < -0.4 is 0 Å². The van der Waals surface area contributed by atoms with E-state index >= 15 is 0 Å². The molecule has 0 heterocycles. The van der Waals surface area contributed by atoms with E-state index in [2.05, 4.69) is 0 Å². The molecule has 31 valence electrons. The van der Waals surface area contributed by atoms with E-state index in [9.17, 15) is 0 Å². The van der Waals surface area contributed by atoms with E-state index in [-0.39, 0.29) is 97.8 Å². The topological polar surface area (TPSA) is 0 Å². The van der Waals surface area contributed by atoms with Crippen molar-refractivity contribution in [2.75, 3.05) is 0 Å². The van der Waals surface area contributed by atoms with Gasteiger partial charge in [0.1, 0.15) is 0 Å². The van der Waals surface area contributed by atoms with Gasteiger partial charge in [-0.2, -0.15) is 0 Å². The van der Waals surface area contributed by atoms with Crippen molar-refractivity contribution in [3.05, 3.63) is 0 Å². The van der Waals surface area contributed by atoms with Crippen molar-refractivity contribution in [1.29, 1.82) is 0 Å². The third-order valence-electron chi connectivity index (χ3n) is 0. The summed E-state index contributed by atoms with van der Waals surface area (Å²) in [5.41, 5.74) is 0. The van der Waals surface area contributed by atoms with Crippen LogP contribution in [0.5, 0.6) is 0 Å². The molecule has 0 atom stereocenters. The number of hydrogen-bond acceptors (Lipinski definition) is 0. The summed E-state index contributed by atoms with van der Waals surface area (Å²) in [4.78, 5) is 0. The first-order valence-electron chi connectivity index (χ1n) is 0. The van der Waals surface area contributed by atoms with E-state index in [0.717, 1.165) is 0 Å². The molecule has 0 aromatic rings. The molecule has 0 nitrogen and oxygen atoms in total. The van der Waals surface area contributed by atoms with Crippen LogP contribution in [0.25, 0.3) is 0 Å². The van der Waals surface area contributed by atoms with E-state index < -0.39 is 0 Å². The molecule has 4 heavy (non-hydrogen) atoms. The third-order valence-corrected chi connectivity index (χ3v) is 0. The fourth-order valence-corrected chi connectivity index (χ4v) is 0. The molecule has 0 spiro atoms. The van der Waals surface area contributed by atoms with Gasteiger partial charge in [-0.3, -0.25) is 0 Å². The Hall–Kier alpha value is 3.27. The molecule has 0 aromatic heterocycles. The molecule has 0 saturated heterocycles.